The van der Waals surface area contributed by atoms with E-state index in [1.54, 1.807) is 18.7 Å². The molecule has 1 fully saturated rings. The number of alkyl carbamates (subject to hydrolysis) is 1. The van der Waals surface area contributed by atoms with Gasteiger partial charge in [0.05, 0.1) is 5.41 Å². The number of ether oxygens (including phenoxy) is 1. The van der Waals surface area contributed by atoms with Crippen molar-refractivity contribution >= 4 is 18.0 Å². The maximum Gasteiger partial charge on any atom is 0.407 e. The van der Waals surface area contributed by atoms with E-state index < -0.39 is 17.5 Å². The zero-order chi connectivity index (χ0) is 23.6. The molecule has 2 aliphatic rings. The number of hydrogen-bond donors (Lipinski definition) is 2. The Bertz CT molecular complexity index is 1010. The molecule has 1 unspecified atom stereocenters. The molecule has 7 nitrogen and oxygen atoms in total. The summed E-state index contributed by atoms with van der Waals surface area (Å²) < 4.78 is 5.55. The Morgan fingerprint density at radius 3 is 2.15 bits per heavy atom. The van der Waals surface area contributed by atoms with Crippen LogP contribution in [0, 0.1) is 5.41 Å². The van der Waals surface area contributed by atoms with E-state index in [0.717, 1.165) is 11.1 Å². The second kappa shape index (κ2) is 9.25. The summed E-state index contributed by atoms with van der Waals surface area (Å²) in [5.74, 6) is -0.925. The lowest BCUT2D eigenvalue weighted by molar-refractivity contribution is -0.153. The van der Waals surface area contributed by atoms with Gasteiger partial charge in [-0.3, -0.25) is 9.59 Å². The summed E-state index contributed by atoms with van der Waals surface area (Å²) in [5.41, 5.74) is 3.85. The fourth-order valence-electron chi connectivity index (χ4n) is 4.75. The van der Waals surface area contributed by atoms with Crippen LogP contribution in [0.15, 0.2) is 48.5 Å². The summed E-state index contributed by atoms with van der Waals surface area (Å²) >= 11 is 0. The van der Waals surface area contributed by atoms with E-state index in [2.05, 4.69) is 29.6 Å². The van der Waals surface area contributed by atoms with Gasteiger partial charge in [0.15, 0.2) is 0 Å². The third-order valence-corrected chi connectivity index (χ3v) is 6.92. The molecule has 0 saturated carbocycles. The molecular weight excluding hydrogens is 420 g/mol. The predicted octanol–water partition coefficient (Wildman–Crippen LogP) is 4.02. The second-order valence-corrected chi connectivity index (χ2v) is 9.32. The van der Waals surface area contributed by atoms with Crippen LogP contribution in [-0.4, -0.2) is 53.7 Å². The zero-order valence-electron chi connectivity index (χ0n) is 19.0. The molecule has 0 aromatic heterocycles. The summed E-state index contributed by atoms with van der Waals surface area (Å²) in [5, 5.41) is 12.1. The smallest absolute Gasteiger partial charge is 0.407 e. The van der Waals surface area contributed by atoms with Gasteiger partial charge in [-0.1, -0.05) is 48.5 Å². The molecule has 0 spiro atoms. The molecule has 7 heteroatoms. The van der Waals surface area contributed by atoms with Gasteiger partial charge in [0.2, 0.25) is 5.91 Å². The number of nitrogens with zero attached hydrogens (tertiary/aromatic N) is 1. The molecule has 4 rings (SSSR count). The molecule has 0 bridgehead atoms. The predicted molar refractivity (Wildman–Crippen MR) is 124 cm³/mol. The Morgan fingerprint density at radius 1 is 1.06 bits per heavy atom. The van der Waals surface area contributed by atoms with Gasteiger partial charge in [-0.15, -0.1) is 0 Å². The molecule has 1 heterocycles. The SMILES string of the molecule is CC(CC(=O)N1CCC(C)(C(=O)O)CC1)NC(=O)OCC1c2ccccc2-c2ccccc21. The highest BCUT2D eigenvalue weighted by Crippen LogP contribution is 2.44. The minimum atomic E-state index is -0.820. The number of carboxylic acids is 1. The number of likely N-dealkylation sites (tertiary alicyclic amines) is 1. The van der Waals surface area contributed by atoms with E-state index in [0.29, 0.717) is 25.9 Å². The molecule has 1 aliphatic heterocycles. The van der Waals surface area contributed by atoms with Gasteiger partial charge in [-0.25, -0.2) is 4.79 Å². The first kappa shape index (κ1) is 22.8. The molecule has 33 heavy (non-hydrogen) atoms. The number of benzene rings is 2. The van der Waals surface area contributed by atoms with Crippen molar-refractivity contribution in [3.05, 3.63) is 59.7 Å². The summed E-state index contributed by atoms with van der Waals surface area (Å²) in [4.78, 5) is 38.1. The van der Waals surface area contributed by atoms with Crippen molar-refractivity contribution in [2.75, 3.05) is 19.7 Å². The van der Waals surface area contributed by atoms with Gasteiger partial charge >= 0.3 is 12.1 Å². The van der Waals surface area contributed by atoms with Gasteiger partial charge in [0.25, 0.3) is 0 Å². The summed E-state index contributed by atoms with van der Waals surface area (Å²) in [6.07, 6.45) is 0.465. The van der Waals surface area contributed by atoms with Gasteiger partial charge in [-0.05, 0) is 48.9 Å². The average Bonchev–Trinajstić information content (AvgIpc) is 3.11. The molecule has 0 radical (unpaired) electrons. The van der Waals surface area contributed by atoms with Crippen LogP contribution in [0.2, 0.25) is 0 Å². The van der Waals surface area contributed by atoms with Crippen molar-refractivity contribution in [3.8, 4) is 11.1 Å². The molecule has 2 aromatic rings. The van der Waals surface area contributed by atoms with Crippen LogP contribution in [0.25, 0.3) is 11.1 Å². The van der Waals surface area contributed by atoms with Crippen molar-refractivity contribution in [1.82, 2.24) is 10.2 Å². The maximum absolute atomic E-state index is 12.6. The minimum absolute atomic E-state index is 0.0167. The number of rotatable bonds is 6. The van der Waals surface area contributed by atoms with Crippen molar-refractivity contribution in [2.24, 2.45) is 5.41 Å². The Labute approximate surface area is 193 Å². The Balaban J connectivity index is 1.28. The number of hydrogen-bond acceptors (Lipinski definition) is 4. The minimum Gasteiger partial charge on any atom is -0.481 e. The van der Waals surface area contributed by atoms with E-state index in [9.17, 15) is 19.5 Å². The van der Waals surface area contributed by atoms with Crippen LogP contribution in [0.1, 0.15) is 50.2 Å². The molecule has 174 valence electrons. The Kier molecular flexibility index (Phi) is 6.40. The lowest BCUT2D eigenvalue weighted by Gasteiger charge is -2.36. The zero-order valence-corrected chi connectivity index (χ0v) is 19.0. The van der Waals surface area contributed by atoms with Crippen LogP contribution >= 0.6 is 0 Å². The van der Waals surface area contributed by atoms with Gasteiger partial charge in [0, 0.05) is 31.5 Å². The van der Waals surface area contributed by atoms with E-state index in [1.165, 1.54) is 11.1 Å². The second-order valence-electron chi connectivity index (χ2n) is 9.32. The van der Waals surface area contributed by atoms with Crippen LogP contribution in [0.4, 0.5) is 4.79 Å². The highest BCUT2D eigenvalue weighted by Gasteiger charge is 2.38. The third-order valence-electron chi connectivity index (χ3n) is 6.92. The first-order valence-corrected chi connectivity index (χ1v) is 11.4. The molecule has 1 aliphatic carbocycles. The lowest BCUT2D eigenvalue weighted by Crippen LogP contribution is -2.47. The number of carbonyl (C=O) groups excluding carboxylic acids is 2. The number of piperidine rings is 1. The van der Waals surface area contributed by atoms with E-state index in [-0.39, 0.29) is 30.9 Å². The molecule has 2 aromatic carbocycles. The first-order chi connectivity index (χ1) is 15.8. The lowest BCUT2D eigenvalue weighted by atomic mass is 9.80. The van der Waals surface area contributed by atoms with Crippen LogP contribution in [0.3, 0.4) is 0 Å². The van der Waals surface area contributed by atoms with Crippen molar-refractivity contribution in [3.63, 3.8) is 0 Å². The van der Waals surface area contributed by atoms with E-state index >= 15 is 0 Å². The van der Waals surface area contributed by atoms with Gasteiger partial charge < -0.3 is 20.1 Å². The first-order valence-electron chi connectivity index (χ1n) is 11.4. The quantitative estimate of drug-likeness (QED) is 0.693. The Hall–Kier alpha value is -3.35. The number of amides is 2. The largest absolute Gasteiger partial charge is 0.481 e. The highest BCUT2D eigenvalue weighted by molar-refractivity contribution is 5.80. The van der Waals surface area contributed by atoms with Crippen molar-refractivity contribution in [1.29, 1.82) is 0 Å². The fraction of sp³-hybridized carbons (Fsp3) is 0.423. The van der Waals surface area contributed by atoms with Gasteiger partial charge in [-0.2, -0.15) is 0 Å². The van der Waals surface area contributed by atoms with Crippen LogP contribution in [0.5, 0.6) is 0 Å². The fourth-order valence-corrected chi connectivity index (χ4v) is 4.75. The van der Waals surface area contributed by atoms with E-state index in [1.807, 2.05) is 24.3 Å². The topological polar surface area (TPSA) is 95.9 Å². The van der Waals surface area contributed by atoms with Crippen molar-refractivity contribution < 1.29 is 24.2 Å². The van der Waals surface area contributed by atoms with Crippen LogP contribution in [-0.2, 0) is 14.3 Å². The average molecular weight is 451 g/mol. The third kappa shape index (κ3) is 4.72. The summed E-state index contributed by atoms with van der Waals surface area (Å²) in [6.45, 7) is 4.54. The molecule has 1 saturated heterocycles. The molecular formula is C26H30N2O5. The molecule has 2 N–H and O–H groups in total. The number of aliphatic carboxylic acids is 1. The molecule has 1 atom stereocenters. The standard InChI is InChI=1S/C26H30N2O5/c1-17(15-23(29)28-13-11-26(2,12-14-28)24(30)31)27-25(32)33-16-22-20-9-5-3-7-18(20)19-8-4-6-10-21(19)22/h3-10,17,22H,11-16H2,1-2H3,(H,27,32)(H,30,31). The van der Waals surface area contributed by atoms with Crippen molar-refractivity contribution in [2.45, 2.75) is 45.1 Å². The maximum atomic E-state index is 12.6. The van der Waals surface area contributed by atoms with Crippen LogP contribution < -0.4 is 5.32 Å². The summed E-state index contributed by atoms with van der Waals surface area (Å²) in [6, 6.07) is 15.9. The molecule has 2 amide bonds. The normalized spacial score (nSPS) is 17.6. The summed E-state index contributed by atoms with van der Waals surface area (Å²) in [7, 11) is 0. The number of carbonyl (C=O) groups is 3. The highest BCUT2D eigenvalue weighted by atomic mass is 16.5. The monoisotopic (exact) mass is 450 g/mol. The number of carboxylic acid groups (broad SMARTS) is 1. The number of fused-ring (bicyclic) bond motifs is 3. The van der Waals surface area contributed by atoms with Gasteiger partial charge in [0.1, 0.15) is 6.61 Å². The number of nitrogens with one attached hydrogen (secondary N) is 1. The Morgan fingerprint density at radius 2 is 1.61 bits per heavy atom. The van der Waals surface area contributed by atoms with E-state index in [4.69, 9.17) is 4.74 Å².